The van der Waals surface area contributed by atoms with Gasteiger partial charge in [0.1, 0.15) is 0 Å². The van der Waals surface area contributed by atoms with Gasteiger partial charge in [0.15, 0.2) is 0 Å². The molecule has 4 heteroatoms. The van der Waals surface area contributed by atoms with Gasteiger partial charge in [0, 0.05) is 25.6 Å². The third-order valence-electron chi connectivity index (χ3n) is 4.15. The Morgan fingerprint density at radius 3 is 2.65 bits per heavy atom. The van der Waals surface area contributed by atoms with Crippen LogP contribution in [0.2, 0.25) is 0 Å². The smallest absolute Gasteiger partial charge is 0.222 e. The van der Waals surface area contributed by atoms with Crippen LogP contribution in [0, 0.1) is 5.92 Å². The molecule has 1 heterocycles. The minimum Gasteiger partial charge on any atom is -0.390 e. The normalized spacial score (nSPS) is 32.6. The molecule has 17 heavy (non-hydrogen) atoms. The second-order valence-electron chi connectivity index (χ2n) is 5.57. The van der Waals surface area contributed by atoms with Gasteiger partial charge < -0.3 is 15.7 Å². The van der Waals surface area contributed by atoms with Gasteiger partial charge in [-0.1, -0.05) is 19.3 Å². The van der Waals surface area contributed by atoms with E-state index < -0.39 is 6.10 Å². The van der Waals surface area contributed by atoms with E-state index >= 15 is 0 Å². The van der Waals surface area contributed by atoms with E-state index in [1.807, 2.05) is 4.90 Å². The SMILES string of the molecule is NC1CCC(=O)N(CC2CCCCC2)CC1O. The summed E-state index contributed by atoms with van der Waals surface area (Å²) in [6, 6.07) is -0.240. The highest BCUT2D eigenvalue weighted by atomic mass is 16.3. The summed E-state index contributed by atoms with van der Waals surface area (Å²) in [5, 5.41) is 9.86. The van der Waals surface area contributed by atoms with E-state index in [-0.39, 0.29) is 11.9 Å². The van der Waals surface area contributed by atoms with Gasteiger partial charge in [-0.25, -0.2) is 0 Å². The number of nitrogens with two attached hydrogens (primary N) is 1. The van der Waals surface area contributed by atoms with Gasteiger partial charge in [-0.2, -0.15) is 0 Å². The molecule has 0 spiro atoms. The van der Waals surface area contributed by atoms with E-state index in [0.29, 0.717) is 25.3 Å². The average molecular weight is 240 g/mol. The molecule has 0 aromatic rings. The Balaban J connectivity index is 1.90. The molecule has 0 radical (unpaired) electrons. The predicted molar refractivity (Wildman–Crippen MR) is 66.4 cm³/mol. The minimum absolute atomic E-state index is 0.169. The first-order valence-electron chi connectivity index (χ1n) is 6.88. The highest BCUT2D eigenvalue weighted by Crippen LogP contribution is 2.25. The zero-order chi connectivity index (χ0) is 12.3. The van der Waals surface area contributed by atoms with Crippen LogP contribution in [0.3, 0.4) is 0 Å². The van der Waals surface area contributed by atoms with Crippen LogP contribution < -0.4 is 5.73 Å². The molecule has 2 rings (SSSR count). The quantitative estimate of drug-likeness (QED) is 0.753. The van der Waals surface area contributed by atoms with Crippen LogP contribution in [0.25, 0.3) is 0 Å². The fourth-order valence-corrected chi connectivity index (χ4v) is 2.96. The van der Waals surface area contributed by atoms with Crippen LogP contribution >= 0.6 is 0 Å². The van der Waals surface area contributed by atoms with Crippen molar-refractivity contribution >= 4 is 5.91 Å². The molecule has 98 valence electrons. The van der Waals surface area contributed by atoms with Crippen molar-refractivity contribution in [1.82, 2.24) is 4.90 Å². The van der Waals surface area contributed by atoms with Gasteiger partial charge in [0.2, 0.25) is 5.91 Å². The molecule has 1 saturated heterocycles. The number of likely N-dealkylation sites (tertiary alicyclic amines) is 1. The Bertz CT molecular complexity index is 264. The fraction of sp³-hybridized carbons (Fsp3) is 0.923. The highest BCUT2D eigenvalue weighted by Gasteiger charge is 2.28. The number of nitrogens with zero attached hydrogens (tertiary/aromatic N) is 1. The van der Waals surface area contributed by atoms with E-state index in [0.717, 1.165) is 6.54 Å². The molecule has 1 saturated carbocycles. The Labute approximate surface area is 103 Å². The van der Waals surface area contributed by atoms with E-state index in [1.54, 1.807) is 0 Å². The highest BCUT2D eigenvalue weighted by molar-refractivity contribution is 5.76. The molecular weight excluding hydrogens is 216 g/mol. The molecule has 0 aromatic heterocycles. The molecule has 2 unspecified atom stereocenters. The molecule has 2 aliphatic rings. The monoisotopic (exact) mass is 240 g/mol. The topological polar surface area (TPSA) is 66.6 Å². The molecule has 3 N–H and O–H groups in total. The number of carbonyl (C=O) groups is 1. The maximum atomic E-state index is 11.9. The minimum atomic E-state index is -0.551. The first-order chi connectivity index (χ1) is 8.16. The average Bonchev–Trinajstić information content (AvgIpc) is 2.45. The van der Waals surface area contributed by atoms with Crippen molar-refractivity contribution in [1.29, 1.82) is 0 Å². The molecule has 1 aliphatic heterocycles. The van der Waals surface area contributed by atoms with Crippen LogP contribution in [-0.4, -0.2) is 41.1 Å². The second kappa shape index (κ2) is 5.83. The number of amides is 1. The van der Waals surface area contributed by atoms with Crippen molar-refractivity contribution in [2.45, 2.75) is 57.1 Å². The first kappa shape index (κ1) is 12.8. The van der Waals surface area contributed by atoms with Gasteiger partial charge in [-0.05, 0) is 25.2 Å². The number of carbonyl (C=O) groups excluding carboxylic acids is 1. The van der Waals surface area contributed by atoms with Gasteiger partial charge in [-0.3, -0.25) is 4.79 Å². The summed E-state index contributed by atoms with van der Waals surface area (Å²) in [4.78, 5) is 13.8. The van der Waals surface area contributed by atoms with Crippen molar-refractivity contribution in [3.63, 3.8) is 0 Å². The summed E-state index contributed by atoms with van der Waals surface area (Å²) >= 11 is 0. The number of hydrogen-bond acceptors (Lipinski definition) is 3. The molecule has 0 aromatic carbocycles. The van der Waals surface area contributed by atoms with Crippen LogP contribution in [-0.2, 0) is 4.79 Å². The fourth-order valence-electron chi connectivity index (χ4n) is 2.96. The van der Waals surface area contributed by atoms with Crippen LogP contribution in [0.1, 0.15) is 44.9 Å². The summed E-state index contributed by atoms with van der Waals surface area (Å²) in [7, 11) is 0. The molecule has 2 atom stereocenters. The van der Waals surface area contributed by atoms with E-state index in [4.69, 9.17) is 5.73 Å². The summed E-state index contributed by atoms with van der Waals surface area (Å²) in [5.74, 6) is 0.803. The third kappa shape index (κ3) is 3.42. The number of aliphatic hydroxyl groups is 1. The summed E-state index contributed by atoms with van der Waals surface area (Å²) in [6.07, 6.45) is 6.91. The zero-order valence-electron chi connectivity index (χ0n) is 10.5. The molecule has 1 amide bonds. The van der Waals surface area contributed by atoms with Gasteiger partial charge in [-0.15, -0.1) is 0 Å². The van der Waals surface area contributed by atoms with Crippen molar-refractivity contribution in [2.75, 3.05) is 13.1 Å². The lowest BCUT2D eigenvalue weighted by atomic mass is 9.89. The summed E-state index contributed by atoms with van der Waals surface area (Å²) < 4.78 is 0. The van der Waals surface area contributed by atoms with E-state index in [9.17, 15) is 9.90 Å². The molecule has 1 aliphatic carbocycles. The van der Waals surface area contributed by atoms with Gasteiger partial charge in [0.25, 0.3) is 0 Å². The number of rotatable bonds is 2. The van der Waals surface area contributed by atoms with Crippen LogP contribution in [0.15, 0.2) is 0 Å². The molecule has 4 nitrogen and oxygen atoms in total. The lowest BCUT2D eigenvalue weighted by molar-refractivity contribution is -0.132. The van der Waals surface area contributed by atoms with Crippen LogP contribution in [0.4, 0.5) is 0 Å². The Hall–Kier alpha value is -0.610. The van der Waals surface area contributed by atoms with Crippen molar-refractivity contribution in [2.24, 2.45) is 11.7 Å². The molecular formula is C13H24N2O2. The predicted octanol–water partition coefficient (Wildman–Crippen LogP) is 0.877. The Kier molecular flexibility index (Phi) is 4.40. The lowest BCUT2D eigenvalue weighted by Crippen LogP contribution is -2.43. The van der Waals surface area contributed by atoms with Crippen LogP contribution in [0.5, 0.6) is 0 Å². The number of hydrogen-bond donors (Lipinski definition) is 2. The first-order valence-corrected chi connectivity index (χ1v) is 6.88. The largest absolute Gasteiger partial charge is 0.390 e. The Morgan fingerprint density at radius 2 is 1.94 bits per heavy atom. The van der Waals surface area contributed by atoms with E-state index in [2.05, 4.69) is 0 Å². The molecule has 2 fully saturated rings. The summed E-state index contributed by atoms with van der Waals surface area (Å²) in [6.45, 7) is 1.25. The maximum absolute atomic E-state index is 11.9. The lowest BCUT2D eigenvalue weighted by Gasteiger charge is -2.30. The zero-order valence-corrected chi connectivity index (χ0v) is 10.5. The maximum Gasteiger partial charge on any atom is 0.222 e. The van der Waals surface area contributed by atoms with E-state index in [1.165, 1.54) is 32.1 Å². The third-order valence-corrected chi connectivity index (χ3v) is 4.15. The second-order valence-corrected chi connectivity index (χ2v) is 5.57. The van der Waals surface area contributed by atoms with Crippen molar-refractivity contribution in [3.8, 4) is 0 Å². The molecule has 0 bridgehead atoms. The standard InChI is InChI=1S/C13H24N2O2/c14-11-6-7-13(17)15(9-12(11)16)8-10-4-2-1-3-5-10/h10-12,16H,1-9,14H2. The van der Waals surface area contributed by atoms with Gasteiger partial charge in [0.05, 0.1) is 6.10 Å². The number of aliphatic hydroxyl groups excluding tert-OH is 1. The van der Waals surface area contributed by atoms with Crippen molar-refractivity contribution < 1.29 is 9.90 Å². The number of β-amino-alcohol motifs (C(OH)–C–C–N with tert-alkyl or cyclic N) is 1. The summed E-state index contributed by atoms with van der Waals surface area (Å²) in [5.41, 5.74) is 5.81. The van der Waals surface area contributed by atoms with Crippen molar-refractivity contribution in [3.05, 3.63) is 0 Å². The van der Waals surface area contributed by atoms with Gasteiger partial charge >= 0.3 is 0 Å². The Morgan fingerprint density at radius 1 is 1.24 bits per heavy atom.